The number of pyridine rings is 1. The molecule has 0 aliphatic heterocycles. The molecule has 0 unspecified atom stereocenters. The van der Waals surface area contributed by atoms with E-state index in [1.165, 1.54) is 0 Å². The van der Waals surface area contributed by atoms with Crippen LogP contribution in [0, 0.1) is 0 Å². The van der Waals surface area contributed by atoms with Crippen molar-refractivity contribution in [3.05, 3.63) is 23.9 Å². The average molecular weight is 237 g/mol. The highest BCUT2D eigenvalue weighted by atomic mass is 16.3. The van der Waals surface area contributed by atoms with Crippen LogP contribution < -0.4 is 4.90 Å². The molecule has 0 fully saturated rings. The third-order valence-corrected chi connectivity index (χ3v) is 2.63. The molecule has 0 aliphatic rings. The van der Waals surface area contributed by atoms with E-state index in [-0.39, 0.29) is 6.61 Å². The van der Waals surface area contributed by atoms with Crippen molar-refractivity contribution >= 4 is 5.82 Å². The molecule has 4 heteroatoms. The lowest BCUT2D eigenvalue weighted by Gasteiger charge is -2.25. The second-order valence-electron chi connectivity index (χ2n) is 4.47. The van der Waals surface area contributed by atoms with E-state index in [1.807, 2.05) is 12.1 Å². The van der Waals surface area contributed by atoms with Crippen molar-refractivity contribution in [2.24, 2.45) is 0 Å². The SMILES string of the molecule is CCCN(CCN(C)C)c1ccc(CO)cn1. The molecule has 0 bridgehead atoms. The topological polar surface area (TPSA) is 39.6 Å². The van der Waals surface area contributed by atoms with Gasteiger partial charge in [-0.2, -0.15) is 0 Å². The van der Waals surface area contributed by atoms with Crippen molar-refractivity contribution in [3.8, 4) is 0 Å². The van der Waals surface area contributed by atoms with Crippen LogP contribution in [0.25, 0.3) is 0 Å². The van der Waals surface area contributed by atoms with Gasteiger partial charge in [0.15, 0.2) is 0 Å². The number of hydrogen-bond acceptors (Lipinski definition) is 4. The summed E-state index contributed by atoms with van der Waals surface area (Å²) in [6.45, 7) is 5.23. The Labute approximate surface area is 104 Å². The number of likely N-dealkylation sites (N-methyl/N-ethyl adjacent to an activating group) is 1. The zero-order valence-corrected chi connectivity index (χ0v) is 11.1. The van der Waals surface area contributed by atoms with E-state index in [4.69, 9.17) is 5.11 Å². The van der Waals surface area contributed by atoms with Crippen LogP contribution >= 0.6 is 0 Å². The molecule has 0 aromatic carbocycles. The van der Waals surface area contributed by atoms with Crippen LogP contribution in [0.5, 0.6) is 0 Å². The normalized spacial score (nSPS) is 10.9. The van der Waals surface area contributed by atoms with Crippen LogP contribution in [0.4, 0.5) is 5.82 Å². The van der Waals surface area contributed by atoms with Crippen LogP contribution in [0.3, 0.4) is 0 Å². The molecule has 17 heavy (non-hydrogen) atoms. The summed E-state index contributed by atoms with van der Waals surface area (Å²) >= 11 is 0. The number of rotatable bonds is 7. The Morgan fingerprint density at radius 2 is 1.94 bits per heavy atom. The Morgan fingerprint density at radius 3 is 2.41 bits per heavy atom. The molecule has 1 rings (SSSR count). The van der Waals surface area contributed by atoms with Crippen LogP contribution in [-0.4, -0.2) is 48.7 Å². The Bertz CT molecular complexity index is 311. The van der Waals surface area contributed by atoms with Crippen LogP contribution in [0.1, 0.15) is 18.9 Å². The predicted octanol–water partition coefficient (Wildman–Crippen LogP) is 1.35. The summed E-state index contributed by atoms with van der Waals surface area (Å²) < 4.78 is 0. The summed E-state index contributed by atoms with van der Waals surface area (Å²) in [5.41, 5.74) is 0.859. The molecule has 1 heterocycles. The molecule has 1 aromatic heterocycles. The molecular weight excluding hydrogens is 214 g/mol. The first kappa shape index (κ1) is 13.9. The monoisotopic (exact) mass is 237 g/mol. The number of nitrogens with zero attached hydrogens (tertiary/aromatic N) is 3. The maximum absolute atomic E-state index is 8.99. The minimum absolute atomic E-state index is 0.0543. The van der Waals surface area contributed by atoms with E-state index in [0.717, 1.165) is 37.4 Å². The third kappa shape index (κ3) is 4.71. The Morgan fingerprint density at radius 1 is 1.18 bits per heavy atom. The quantitative estimate of drug-likeness (QED) is 0.777. The zero-order chi connectivity index (χ0) is 12.7. The van der Waals surface area contributed by atoms with Gasteiger partial charge in [-0.05, 0) is 32.1 Å². The van der Waals surface area contributed by atoms with Crippen molar-refractivity contribution in [1.29, 1.82) is 0 Å². The van der Waals surface area contributed by atoms with Gasteiger partial charge in [0.2, 0.25) is 0 Å². The molecule has 1 N–H and O–H groups in total. The molecule has 96 valence electrons. The largest absolute Gasteiger partial charge is 0.392 e. The fourth-order valence-electron chi connectivity index (χ4n) is 1.63. The number of hydrogen-bond donors (Lipinski definition) is 1. The number of aliphatic hydroxyl groups is 1. The minimum atomic E-state index is 0.0543. The van der Waals surface area contributed by atoms with E-state index >= 15 is 0 Å². The molecule has 4 nitrogen and oxygen atoms in total. The molecule has 0 spiro atoms. The van der Waals surface area contributed by atoms with Crippen molar-refractivity contribution in [2.45, 2.75) is 20.0 Å². The van der Waals surface area contributed by atoms with Crippen molar-refractivity contribution in [1.82, 2.24) is 9.88 Å². The summed E-state index contributed by atoms with van der Waals surface area (Å²) in [6.07, 6.45) is 2.85. The first-order valence-electron chi connectivity index (χ1n) is 6.12. The molecular formula is C13H23N3O. The fourth-order valence-corrected chi connectivity index (χ4v) is 1.63. The van der Waals surface area contributed by atoms with Gasteiger partial charge in [-0.3, -0.25) is 0 Å². The maximum atomic E-state index is 8.99. The lowest BCUT2D eigenvalue weighted by atomic mass is 10.3. The van der Waals surface area contributed by atoms with Gasteiger partial charge in [-0.15, -0.1) is 0 Å². The Hall–Kier alpha value is -1.13. The summed E-state index contributed by atoms with van der Waals surface area (Å²) in [5, 5.41) is 8.99. The van der Waals surface area contributed by atoms with Gasteiger partial charge in [0.25, 0.3) is 0 Å². The number of aromatic nitrogens is 1. The highest BCUT2D eigenvalue weighted by Crippen LogP contribution is 2.11. The highest BCUT2D eigenvalue weighted by molar-refractivity contribution is 5.39. The Kier molecular flexibility index (Phi) is 5.94. The van der Waals surface area contributed by atoms with E-state index in [0.29, 0.717) is 0 Å². The molecule has 0 saturated carbocycles. The summed E-state index contributed by atoms with van der Waals surface area (Å²) in [7, 11) is 4.15. The van der Waals surface area contributed by atoms with E-state index in [9.17, 15) is 0 Å². The van der Waals surface area contributed by atoms with Gasteiger partial charge < -0.3 is 14.9 Å². The van der Waals surface area contributed by atoms with E-state index in [1.54, 1.807) is 6.20 Å². The smallest absolute Gasteiger partial charge is 0.128 e. The lowest BCUT2D eigenvalue weighted by Crippen LogP contribution is -2.32. The Balaban J connectivity index is 2.67. The summed E-state index contributed by atoms with van der Waals surface area (Å²) in [5.74, 6) is 0.992. The lowest BCUT2D eigenvalue weighted by molar-refractivity contribution is 0.281. The molecule has 0 aliphatic carbocycles. The van der Waals surface area contributed by atoms with Crippen LogP contribution in [-0.2, 0) is 6.61 Å². The first-order chi connectivity index (χ1) is 8.17. The maximum Gasteiger partial charge on any atom is 0.128 e. The number of anilines is 1. The van der Waals surface area contributed by atoms with Gasteiger partial charge in [0.1, 0.15) is 5.82 Å². The van der Waals surface area contributed by atoms with Gasteiger partial charge in [0.05, 0.1) is 6.61 Å². The molecule has 0 saturated heterocycles. The van der Waals surface area contributed by atoms with Gasteiger partial charge in [-0.25, -0.2) is 4.98 Å². The van der Waals surface area contributed by atoms with Crippen LogP contribution in [0.15, 0.2) is 18.3 Å². The van der Waals surface area contributed by atoms with Crippen LogP contribution in [0.2, 0.25) is 0 Å². The van der Waals surface area contributed by atoms with E-state index in [2.05, 4.69) is 35.8 Å². The third-order valence-electron chi connectivity index (χ3n) is 2.63. The van der Waals surface area contributed by atoms with Crippen molar-refractivity contribution < 1.29 is 5.11 Å². The van der Waals surface area contributed by atoms with Gasteiger partial charge in [0, 0.05) is 25.8 Å². The first-order valence-corrected chi connectivity index (χ1v) is 6.12. The predicted molar refractivity (Wildman–Crippen MR) is 71.2 cm³/mol. The summed E-state index contributed by atoms with van der Waals surface area (Å²) in [4.78, 5) is 8.84. The second-order valence-corrected chi connectivity index (χ2v) is 4.47. The standard InChI is InChI=1S/C13H23N3O/c1-4-7-16(9-8-15(2)3)13-6-5-12(11-17)10-14-13/h5-6,10,17H,4,7-9,11H2,1-3H3. The molecule has 0 atom stereocenters. The molecule has 0 amide bonds. The number of aliphatic hydroxyl groups excluding tert-OH is 1. The fraction of sp³-hybridized carbons (Fsp3) is 0.615. The van der Waals surface area contributed by atoms with Gasteiger partial charge >= 0.3 is 0 Å². The minimum Gasteiger partial charge on any atom is -0.392 e. The van der Waals surface area contributed by atoms with Crippen molar-refractivity contribution in [2.75, 3.05) is 38.6 Å². The van der Waals surface area contributed by atoms with Crippen molar-refractivity contribution in [3.63, 3.8) is 0 Å². The zero-order valence-electron chi connectivity index (χ0n) is 11.1. The van der Waals surface area contributed by atoms with Gasteiger partial charge in [-0.1, -0.05) is 13.0 Å². The summed E-state index contributed by atoms with van der Waals surface area (Å²) in [6, 6.07) is 3.91. The molecule has 1 aromatic rings. The highest BCUT2D eigenvalue weighted by Gasteiger charge is 2.07. The second kappa shape index (κ2) is 7.25. The average Bonchev–Trinajstić information content (AvgIpc) is 2.34. The van der Waals surface area contributed by atoms with E-state index < -0.39 is 0 Å². The molecule has 0 radical (unpaired) electrons.